The number of rotatable bonds is 8. The van der Waals surface area contributed by atoms with E-state index in [1.165, 1.54) is 35.2 Å². The first-order valence-electron chi connectivity index (χ1n) is 21.9. The maximum absolute atomic E-state index is 12.5. The summed E-state index contributed by atoms with van der Waals surface area (Å²) < 4.78 is 26.9. The molecule has 3 aliphatic carbocycles. The number of aromatic nitrogens is 4. The van der Waals surface area contributed by atoms with Crippen LogP contribution in [-0.4, -0.2) is 68.4 Å². The number of aryl methyl sites for hydroxylation is 3. The Kier molecular flexibility index (Phi) is 16.9. The molecule has 0 radical (unpaired) electrons. The van der Waals surface area contributed by atoms with Crippen molar-refractivity contribution < 1.29 is 28.2 Å². The fraction of sp³-hybridized carbons (Fsp3) is 0.408. The minimum atomic E-state index is -4.05. The van der Waals surface area contributed by atoms with Crippen molar-refractivity contribution in [3.8, 4) is 18.1 Å². The predicted molar refractivity (Wildman–Crippen MR) is 252 cm³/mol. The molecular formula is C49H63N9O6S. The Morgan fingerprint density at radius 2 is 1.65 bits per heavy atom. The van der Waals surface area contributed by atoms with Gasteiger partial charge in [0.1, 0.15) is 16.2 Å². The second-order valence-corrected chi connectivity index (χ2v) is 19.3. The third-order valence-corrected chi connectivity index (χ3v) is 13.5. The Hall–Kier alpha value is -6.28. The van der Waals surface area contributed by atoms with Crippen molar-refractivity contribution in [2.24, 2.45) is 17.3 Å². The van der Waals surface area contributed by atoms with Gasteiger partial charge in [0.2, 0.25) is 0 Å². The monoisotopic (exact) mass is 905 g/mol. The normalized spacial score (nSPS) is 21.5. The molecule has 16 heteroatoms. The summed E-state index contributed by atoms with van der Waals surface area (Å²) in [6.07, 6.45) is 21.2. The van der Waals surface area contributed by atoms with E-state index < -0.39 is 21.7 Å². The largest absolute Gasteiger partial charge is 0.508 e. The highest BCUT2D eigenvalue weighted by Gasteiger charge is 2.61. The number of hydrazine groups is 1. The molecule has 0 saturated heterocycles. The number of sulfonamides is 1. The van der Waals surface area contributed by atoms with Crippen molar-refractivity contribution >= 4 is 33.3 Å². The molecule has 8 rings (SSSR count). The number of H-pyrrole nitrogens is 1. The molecule has 5 atom stereocenters. The molecule has 3 heterocycles. The van der Waals surface area contributed by atoms with Crippen molar-refractivity contribution in [2.75, 3.05) is 5.32 Å². The van der Waals surface area contributed by atoms with Crippen LogP contribution < -0.4 is 26.2 Å². The fourth-order valence-electron chi connectivity index (χ4n) is 8.97. The van der Waals surface area contributed by atoms with Crippen molar-refractivity contribution in [1.29, 1.82) is 0 Å². The first kappa shape index (κ1) is 49.7. The van der Waals surface area contributed by atoms with E-state index in [1.807, 2.05) is 75.0 Å². The van der Waals surface area contributed by atoms with Crippen LogP contribution in [0.3, 0.4) is 0 Å². The van der Waals surface area contributed by atoms with E-state index in [-0.39, 0.29) is 28.3 Å². The van der Waals surface area contributed by atoms with Gasteiger partial charge < -0.3 is 20.8 Å². The standard InChI is InChI=1S/C20H24O2.C16H20N4O3S.C9H13N3O.C4H6N2/c1-3-20(22)11-9-18-17-6-4-13-12-14(21)5-7-15(13)16(17)8-10-19(18,20)2;1-11(2)18-16(21)20-24(22,23)15-10-17-8-7-14(15)19-13-6-4-5-12(3)9-13;1-7(2)11-12-9(13)8-3-5-10-6-4-8;1-4-2-5-6-3-4/h1,5,7,12,16-18,21-22H,4,6,8-11H2,2H3;4-11H,1-3H3,(H,17,19)(H2,18,20,21);3-7,11H,1-2H3,(H,12,13);2-3H,1H3,(H,5,6)/t16-,17-,18+,19+,20+;;;/m1.../s1. The summed E-state index contributed by atoms with van der Waals surface area (Å²) in [4.78, 5) is 30.6. The van der Waals surface area contributed by atoms with Crippen LogP contribution in [0.4, 0.5) is 16.2 Å². The molecule has 0 bridgehead atoms. The molecule has 3 aliphatic rings. The number of hydrogen-bond acceptors (Lipinski definition) is 11. The lowest BCUT2D eigenvalue weighted by Crippen LogP contribution is -2.50. The number of benzene rings is 2. The highest BCUT2D eigenvalue weighted by atomic mass is 32.2. The van der Waals surface area contributed by atoms with Crippen LogP contribution in [0.2, 0.25) is 0 Å². The second kappa shape index (κ2) is 22.1. The number of anilines is 2. The van der Waals surface area contributed by atoms with E-state index in [9.17, 15) is 28.2 Å². The van der Waals surface area contributed by atoms with E-state index in [0.717, 1.165) is 49.8 Å². The number of carbonyl (C=O) groups excluding carboxylic acids is 2. The molecule has 0 aliphatic heterocycles. The SMILES string of the molecule is C#C[C@]1(O)CC[C@H]2[C@@H]3CCc4cc(O)ccc4[C@H]3CC[C@@]21C.CC(C)NNC(=O)c1ccncc1.Cc1cccc(Nc2ccncc2S(=O)(=O)NC(=O)NC(C)C)c1.Cc1cn[nH]c1. The van der Waals surface area contributed by atoms with Crippen LogP contribution in [0.25, 0.3) is 0 Å². The van der Waals surface area contributed by atoms with Crippen LogP contribution in [0, 0.1) is 43.4 Å². The van der Waals surface area contributed by atoms with Gasteiger partial charge in [-0.25, -0.2) is 23.4 Å². The van der Waals surface area contributed by atoms with Crippen LogP contribution in [0.15, 0.2) is 103 Å². The summed E-state index contributed by atoms with van der Waals surface area (Å²) in [5, 5.41) is 32.5. The predicted octanol–water partition coefficient (Wildman–Crippen LogP) is 7.59. The van der Waals surface area contributed by atoms with Gasteiger partial charge in [0, 0.05) is 59.7 Å². The number of pyridine rings is 2. The van der Waals surface area contributed by atoms with Gasteiger partial charge in [-0.1, -0.05) is 31.0 Å². The van der Waals surface area contributed by atoms with Gasteiger partial charge >= 0.3 is 6.03 Å². The zero-order valence-corrected chi connectivity index (χ0v) is 39.0. The second-order valence-electron chi connectivity index (χ2n) is 17.7. The Morgan fingerprint density at radius 3 is 2.28 bits per heavy atom. The molecule has 2 saturated carbocycles. The number of phenols is 1. The van der Waals surface area contributed by atoms with E-state index in [2.05, 4.69) is 60.6 Å². The number of nitrogens with zero attached hydrogens (tertiary/aromatic N) is 3. The Labute approximate surface area is 383 Å². The number of aromatic hydroxyl groups is 1. The third-order valence-electron chi connectivity index (χ3n) is 12.2. The van der Waals surface area contributed by atoms with Crippen LogP contribution >= 0.6 is 0 Å². The lowest BCUT2D eigenvalue weighted by Gasteiger charge is -2.52. The minimum Gasteiger partial charge on any atom is -0.508 e. The number of aromatic amines is 1. The molecule has 0 unspecified atom stereocenters. The number of amides is 3. The number of aliphatic hydroxyl groups is 1. The first-order chi connectivity index (χ1) is 30.9. The number of nitrogens with one attached hydrogen (secondary N) is 6. The van der Waals surface area contributed by atoms with Gasteiger partial charge in [0.15, 0.2) is 0 Å². The Bertz CT molecular complexity index is 2510. The number of fused-ring (bicyclic) bond motifs is 5. The van der Waals surface area contributed by atoms with Gasteiger partial charge in [0.05, 0.1) is 11.9 Å². The number of hydrogen-bond donors (Lipinski definition) is 8. The molecule has 8 N–H and O–H groups in total. The summed E-state index contributed by atoms with van der Waals surface area (Å²) >= 11 is 0. The molecule has 3 amide bonds. The topological polar surface area (TPSA) is 223 Å². The van der Waals surface area contributed by atoms with Gasteiger partial charge in [-0.2, -0.15) is 5.10 Å². The number of urea groups is 1. The smallest absolute Gasteiger partial charge is 0.328 e. The van der Waals surface area contributed by atoms with Gasteiger partial charge in [-0.3, -0.25) is 25.3 Å². The van der Waals surface area contributed by atoms with Crippen LogP contribution in [0.1, 0.15) is 105 Å². The van der Waals surface area contributed by atoms with E-state index in [4.69, 9.17) is 6.42 Å². The molecule has 5 aromatic rings. The average molecular weight is 906 g/mol. The lowest BCUT2D eigenvalue weighted by molar-refractivity contribution is -0.0646. The van der Waals surface area contributed by atoms with E-state index in [0.29, 0.717) is 34.8 Å². The zero-order chi connectivity index (χ0) is 47.4. The lowest BCUT2D eigenvalue weighted by atomic mass is 9.53. The van der Waals surface area contributed by atoms with Crippen molar-refractivity contribution in [3.05, 3.63) is 126 Å². The molecule has 346 valence electrons. The number of phenolic OH excluding ortho intramolecular Hbond substituents is 1. The van der Waals surface area contributed by atoms with Crippen LogP contribution in [-0.2, 0) is 16.4 Å². The molecule has 2 fully saturated rings. The molecule has 65 heavy (non-hydrogen) atoms. The van der Waals surface area contributed by atoms with Gasteiger partial charge in [-0.05, 0) is 163 Å². The maximum atomic E-state index is 12.5. The van der Waals surface area contributed by atoms with Gasteiger partial charge in [0.25, 0.3) is 15.9 Å². The number of terminal acetylenes is 1. The minimum absolute atomic E-state index is 0.106. The average Bonchev–Trinajstić information content (AvgIpc) is 3.86. The van der Waals surface area contributed by atoms with Crippen molar-refractivity contribution in [1.82, 2.24) is 41.1 Å². The van der Waals surface area contributed by atoms with E-state index >= 15 is 0 Å². The molecule has 2 aromatic carbocycles. The summed E-state index contributed by atoms with van der Waals surface area (Å²) in [6, 6.07) is 17.5. The summed E-state index contributed by atoms with van der Waals surface area (Å²) in [5.41, 5.74) is 11.0. The first-order valence-corrected chi connectivity index (χ1v) is 23.4. The Morgan fingerprint density at radius 1 is 0.908 bits per heavy atom. The van der Waals surface area contributed by atoms with Crippen molar-refractivity contribution in [2.45, 2.75) is 115 Å². The quantitative estimate of drug-likeness (QED) is 0.0560. The zero-order valence-electron chi connectivity index (χ0n) is 38.2. The maximum Gasteiger partial charge on any atom is 0.328 e. The summed E-state index contributed by atoms with van der Waals surface area (Å²) in [5.74, 6) is 4.68. The van der Waals surface area contributed by atoms with E-state index in [1.54, 1.807) is 44.6 Å². The van der Waals surface area contributed by atoms with Gasteiger partial charge in [-0.15, -0.1) is 6.42 Å². The summed E-state index contributed by atoms with van der Waals surface area (Å²) in [6.45, 7) is 13.5. The third kappa shape index (κ3) is 12.9. The highest BCUT2D eigenvalue weighted by molar-refractivity contribution is 7.90. The molecule has 15 nitrogen and oxygen atoms in total. The molecule has 3 aromatic heterocycles. The molecular weight excluding hydrogens is 843 g/mol. The highest BCUT2D eigenvalue weighted by Crippen LogP contribution is 2.64. The van der Waals surface area contributed by atoms with Crippen LogP contribution in [0.5, 0.6) is 5.75 Å². The Balaban J connectivity index is 0.000000177. The van der Waals surface area contributed by atoms with Crippen molar-refractivity contribution in [3.63, 3.8) is 0 Å². The molecule has 0 spiro atoms. The number of carbonyl (C=O) groups is 2. The fourth-order valence-corrected chi connectivity index (χ4v) is 9.99. The summed E-state index contributed by atoms with van der Waals surface area (Å²) in [7, 11) is -4.05.